The van der Waals surface area contributed by atoms with Crippen LogP contribution in [0, 0.1) is 5.82 Å². The van der Waals surface area contributed by atoms with Crippen molar-refractivity contribution in [2.24, 2.45) is 0 Å². The van der Waals surface area contributed by atoms with Crippen LogP contribution in [0.4, 0.5) is 4.39 Å². The summed E-state index contributed by atoms with van der Waals surface area (Å²) in [5, 5.41) is 3.08. The van der Waals surface area contributed by atoms with Crippen LogP contribution in [0.1, 0.15) is 12.0 Å². The highest BCUT2D eigenvalue weighted by molar-refractivity contribution is 7.90. The van der Waals surface area contributed by atoms with Crippen LogP contribution in [-0.4, -0.2) is 27.0 Å². The van der Waals surface area contributed by atoms with E-state index in [1.54, 1.807) is 12.1 Å². The first kappa shape index (κ1) is 14.4. The van der Waals surface area contributed by atoms with Gasteiger partial charge in [-0.05, 0) is 19.0 Å². The predicted molar refractivity (Wildman–Crippen MR) is 67.4 cm³/mol. The van der Waals surface area contributed by atoms with Crippen molar-refractivity contribution >= 4 is 21.4 Å². The maximum atomic E-state index is 13.4. The van der Waals surface area contributed by atoms with Crippen LogP contribution in [0.15, 0.2) is 18.2 Å². The molecule has 0 saturated heterocycles. The van der Waals surface area contributed by atoms with Crippen molar-refractivity contribution in [1.82, 2.24) is 5.32 Å². The van der Waals surface area contributed by atoms with E-state index in [9.17, 15) is 12.8 Å². The quantitative estimate of drug-likeness (QED) is 0.810. The Labute approximate surface area is 106 Å². The molecule has 0 spiro atoms. The van der Waals surface area contributed by atoms with E-state index >= 15 is 0 Å². The van der Waals surface area contributed by atoms with Gasteiger partial charge in [0.25, 0.3) is 0 Å². The number of rotatable bonds is 6. The third-order valence-corrected chi connectivity index (χ3v) is 3.54. The Kier molecular flexibility index (Phi) is 5.36. The number of sulfone groups is 1. The zero-order chi connectivity index (χ0) is 12.9. The lowest BCUT2D eigenvalue weighted by Crippen LogP contribution is -2.18. The van der Waals surface area contributed by atoms with E-state index in [1.165, 1.54) is 12.3 Å². The fourth-order valence-electron chi connectivity index (χ4n) is 1.37. The molecule has 1 aromatic carbocycles. The van der Waals surface area contributed by atoms with Gasteiger partial charge in [0.15, 0.2) is 0 Å². The minimum absolute atomic E-state index is 0.0976. The molecule has 0 aliphatic carbocycles. The molecule has 0 saturated carbocycles. The molecule has 0 aliphatic rings. The third kappa shape index (κ3) is 5.48. The van der Waals surface area contributed by atoms with Gasteiger partial charge in [-0.3, -0.25) is 0 Å². The van der Waals surface area contributed by atoms with Crippen LogP contribution in [0.2, 0.25) is 5.02 Å². The lowest BCUT2D eigenvalue weighted by Gasteiger charge is -2.06. The van der Waals surface area contributed by atoms with Gasteiger partial charge in [0.2, 0.25) is 0 Å². The molecule has 0 bridgehead atoms. The van der Waals surface area contributed by atoms with Gasteiger partial charge in [0.1, 0.15) is 15.7 Å². The Morgan fingerprint density at radius 1 is 1.41 bits per heavy atom. The Bertz CT molecular complexity index is 476. The molecular formula is C11H15ClFNO2S. The molecule has 0 heterocycles. The molecule has 0 unspecified atom stereocenters. The maximum absolute atomic E-state index is 13.4. The monoisotopic (exact) mass is 279 g/mol. The highest BCUT2D eigenvalue weighted by Gasteiger charge is 2.05. The van der Waals surface area contributed by atoms with E-state index in [2.05, 4.69) is 5.32 Å². The molecule has 6 heteroatoms. The molecular weight excluding hydrogens is 265 g/mol. The van der Waals surface area contributed by atoms with Crippen LogP contribution in [0.25, 0.3) is 0 Å². The van der Waals surface area contributed by atoms with Gasteiger partial charge in [-0.15, -0.1) is 0 Å². The van der Waals surface area contributed by atoms with Crippen molar-refractivity contribution in [2.45, 2.75) is 13.0 Å². The third-order valence-electron chi connectivity index (χ3n) is 2.22. The minimum atomic E-state index is -2.92. The van der Waals surface area contributed by atoms with Crippen LogP contribution in [-0.2, 0) is 16.4 Å². The fourth-order valence-corrected chi connectivity index (χ4v) is 2.23. The van der Waals surface area contributed by atoms with E-state index in [0.717, 1.165) is 0 Å². The summed E-state index contributed by atoms with van der Waals surface area (Å²) < 4.78 is 35.1. The topological polar surface area (TPSA) is 46.2 Å². The van der Waals surface area contributed by atoms with Crippen LogP contribution < -0.4 is 5.32 Å². The number of nitrogens with one attached hydrogen (secondary N) is 1. The van der Waals surface area contributed by atoms with Crippen molar-refractivity contribution in [3.8, 4) is 0 Å². The predicted octanol–water partition coefficient (Wildman–Crippen LogP) is 2.00. The van der Waals surface area contributed by atoms with E-state index in [1.807, 2.05) is 0 Å². The zero-order valence-corrected chi connectivity index (χ0v) is 11.1. The number of halogens is 2. The summed E-state index contributed by atoms with van der Waals surface area (Å²) >= 11 is 5.63. The van der Waals surface area contributed by atoms with E-state index in [0.29, 0.717) is 25.1 Å². The largest absolute Gasteiger partial charge is 0.313 e. The first-order valence-electron chi connectivity index (χ1n) is 5.21. The Hall–Kier alpha value is -0.650. The molecule has 3 nitrogen and oxygen atoms in total. The summed E-state index contributed by atoms with van der Waals surface area (Å²) in [7, 11) is -2.92. The molecule has 1 aromatic rings. The minimum Gasteiger partial charge on any atom is -0.313 e. The van der Waals surface area contributed by atoms with Crippen molar-refractivity contribution in [3.63, 3.8) is 0 Å². The molecule has 0 aliphatic heterocycles. The number of hydrogen-bond donors (Lipinski definition) is 1. The lowest BCUT2D eigenvalue weighted by molar-refractivity contribution is 0.580. The van der Waals surface area contributed by atoms with Gasteiger partial charge in [-0.25, -0.2) is 12.8 Å². The number of hydrogen-bond acceptors (Lipinski definition) is 3. The molecule has 96 valence electrons. The summed E-state index contributed by atoms with van der Waals surface area (Å²) in [6, 6.07) is 4.81. The van der Waals surface area contributed by atoms with E-state index < -0.39 is 15.7 Å². The Morgan fingerprint density at radius 2 is 2.12 bits per heavy atom. The Morgan fingerprint density at radius 3 is 2.76 bits per heavy atom. The van der Waals surface area contributed by atoms with Crippen molar-refractivity contribution in [2.75, 3.05) is 18.6 Å². The molecule has 17 heavy (non-hydrogen) atoms. The van der Waals surface area contributed by atoms with Gasteiger partial charge >= 0.3 is 0 Å². The summed E-state index contributed by atoms with van der Waals surface area (Å²) in [4.78, 5) is 0. The second-order valence-corrected chi connectivity index (χ2v) is 6.54. The molecule has 0 amide bonds. The van der Waals surface area contributed by atoms with Gasteiger partial charge < -0.3 is 5.32 Å². The molecule has 1 rings (SSSR count). The number of benzene rings is 1. The van der Waals surface area contributed by atoms with Crippen LogP contribution >= 0.6 is 11.6 Å². The van der Waals surface area contributed by atoms with Crippen LogP contribution in [0.5, 0.6) is 0 Å². The maximum Gasteiger partial charge on any atom is 0.147 e. The smallest absolute Gasteiger partial charge is 0.147 e. The first-order chi connectivity index (χ1) is 7.90. The lowest BCUT2D eigenvalue weighted by atomic mass is 10.2. The molecule has 0 fully saturated rings. The highest BCUT2D eigenvalue weighted by atomic mass is 35.5. The SMILES string of the molecule is CS(=O)(=O)CCCNCc1cccc(Cl)c1F. The average Bonchev–Trinajstić information content (AvgIpc) is 2.22. The summed E-state index contributed by atoms with van der Waals surface area (Å²) in [6.07, 6.45) is 1.71. The summed E-state index contributed by atoms with van der Waals surface area (Å²) in [5.74, 6) is -0.289. The average molecular weight is 280 g/mol. The Balaban J connectivity index is 2.34. The first-order valence-corrected chi connectivity index (χ1v) is 7.65. The normalized spacial score (nSPS) is 11.7. The molecule has 0 aromatic heterocycles. The second kappa shape index (κ2) is 6.33. The van der Waals surface area contributed by atoms with Crippen LogP contribution in [0.3, 0.4) is 0 Å². The fraction of sp³-hybridized carbons (Fsp3) is 0.455. The van der Waals surface area contributed by atoms with Gasteiger partial charge in [-0.2, -0.15) is 0 Å². The van der Waals surface area contributed by atoms with Gasteiger partial charge in [-0.1, -0.05) is 23.7 Å². The van der Waals surface area contributed by atoms with Gasteiger partial charge in [0, 0.05) is 18.4 Å². The standard InChI is InChI=1S/C11H15ClFNO2S/c1-17(15,16)7-3-6-14-8-9-4-2-5-10(12)11(9)13/h2,4-5,14H,3,6-8H2,1H3. The van der Waals surface area contributed by atoms with Gasteiger partial charge in [0.05, 0.1) is 10.8 Å². The van der Waals surface area contributed by atoms with Crippen molar-refractivity contribution < 1.29 is 12.8 Å². The van der Waals surface area contributed by atoms with Crippen molar-refractivity contribution in [1.29, 1.82) is 0 Å². The molecule has 0 radical (unpaired) electrons. The molecule has 0 atom stereocenters. The summed E-state index contributed by atoms with van der Waals surface area (Å²) in [6.45, 7) is 0.870. The molecule has 1 N–H and O–H groups in total. The van der Waals surface area contributed by atoms with Crippen molar-refractivity contribution in [3.05, 3.63) is 34.6 Å². The zero-order valence-electron chi connectivity index (χ0n) is 9.54. The van der Waals surface area contributed by atoms with E-state index in [-0.39, 0.29) is 10.8 Å². The van der Waals surface area contributed by atoms with E-state index in [4.69, 9.17) is 11.6 Å². The highest BCUT2D eigenvalue weighted by Crippen LogP contribution is 2.17. The second-order valence-electron chi connectivity index (χ2n) is 3.87. The summed E-state index contributed by atoms with van der Waals surface area (Å²) in [5.41, 5.74) is 0.483.